The smallest absolute Gasteiger partial charge is 0.272 e. The Morgan fingerprint density at radius 1 is 0.815 bits per heavy atom. The van der Waals surface area contributed by atoms with Crippen molar-refractivity contribution >= 4 is 29.0 Å². The largest absolute Gasteiger partial charge is 0.412 e. The fraction of sp³-hybridized carbons (Fsp3) is 0.585. The van der Waals surface area contributed by atoms with E-state index >= 15 is 0 Å². The minimum atomic E-state index is -0.590. The SMILES string of the molecule is CCC1CCCCC1.O.O=CN1CCN(CC2CCN(CC(=O)N3CCN(C(=O)c4cc(Cc5n[nH]c(=O)c6ccccc56)ccc4F)CC3)CC2)CC1. The van der Waals surface area contributed by atoms with Gasteiger partial charge in [-0.15, -0.1) is 0 Å². The minimum absolute atomic E-state index is 0. The zero-order valence-corrected chi connectivity index (χ0v) is 31.8. The summed E-state index contributed by atoms with van der Waals surface area (Å²) >= 11 is 0. The molecule has 1 aromatic heterocycles. The Kier molecular flexibility index (Phi) is 15.1. The third-order valence-corrected chi connectivity index (χ3v) is 11.8. The molecule has 0 bridgehead atoms. The van der Waals surface area contributed by atoms with Gasteiger partial charge < -0.3 is 20.2 Å². The van der Waals surface area contributed by atoms with Gasteiger partial charge in [0.25, 0.3) is 11.5 Å². The van der Waals surface area contributed by atoms with Crippen molar-refractivity contribution in [2.45, 2.75) is 64.7 Å². The predicted octanol–water partition coefficient (Wildman–Crippen LogP) is 3.58. The van der Waals surface area contributed by atoms with E-state index in [1.165, 1.54) is 44.6 Å². The van der Waals surface area contributed by atoms with Crippen molar-refractivity contribution in [3.63, 3.8) is 0 Å². The number of carbonyl (C=O) groups is 3. The third kappa shape index (κ3) is 10.7. The van der Waals surface area contributed by atoms with Crippen LogP contribution in [0.25, 0.3) is 10.8 Å². The highest BCUT2D eigenvalue weighted by atomic mass is 19.1. The molecule has 4 aliphatic rings. The van der Waals surface area contributed by atoms with Gasteiger partial charge in [-0.3, -0.25) is 29.0 Å². The fourth-order valence-electron chi connectivity index (χ4n) is 8.31. The first kappa shape index (κ1) is 41.0. The molecule has 0 unspecified atom stereocenters. The van der Waals surface area contributed by atoms with Crippen LogP contribution in [0.1, 0.15) is 79.9 Å². The zero-order valence-electron chi connectivity index (χ0n) is 31.8. The van der Waals surface area contributed by atoms with Crippen LogP contribution in [0.15, 0.2) is 47.3 Å². The number of piperidine rings is 1. The number of amides is 3. The van der Waals surface area contributed by atoms with Crippen LogP contribution in [0.4, 0.5) is 4.39 Å². The second-order valence-corrected chi connectivity index (χ2v) is 15.3. The Bertz CT molecular complexity index is 1740. The summed E-state index contributed by atoms with van der Waals surface area (Å²) in [5, 5.41) is 7.97. The summed E-state index contributed by atoms with van der Waals surface area (Å²) in [6.45, 7) is 10.5. The summed E-state index contributed by atoms with van der Waals surface area (Å²) in [6, 6.07) is 11.7. The number of nitrogens with zero attached hydrogens (tertiary/aromatic N) is 6. The molecule has 3 aliphatic heterocycles. The van der Waals surface area contributed by atoms with Gasteiger partial charge in [-0.2, -0.15) is 5.10 Å². The monoisotopic (exact) mass is 747 g/mol. The first-order valence-corrected chi connectivity index (χ1v) is 19.8. The van der Waals surface area contributed by atoms with Crippen LogP contribution in [0.5, 0.6) is 0 Å². The van der Waals surface area contributed by atoms with Crippen molar-refractivity contribution in [2.75, 3.05) is 78.5 Å². The number of halogens is 1. The van der Waals surface area contributed by atoms with Crippen LogP contribution in [0.2, 0.25) is 0 Å². The van der Waals surface area contributed by atoms with E-state index in [4.69, 9.17) is 0 Å². The van der Waals surface area contributed by atoms with Gasteiger partial charge in [-0.05, 0) is 61.5 Å². The topological polar surface area (TPSA) is 145 Å². The van der Waals surface area contributed by atoms with Crippen molar-refractivity contribution in [1.29, 1.82) is 0 Å². The third-order valence-electron chi connectivity index (χ3n) is 11.8. The van der Waals surface area contributed by atoms with Crippen LogP contribution in [-0.2, 0) is 16.0 Å². The molecule has 3 saturated heterocycles. The van der Waals surface area contributed by atoms with E-state index in [1.54, 1.807) is 29.2 Å². The fourth-order valence-corrected chi connectivity index (χ4v) is 8.31. The highest BCUT2D eigenvalue weighted by molar-refractivity contribution is 5.95. The summed E-state index contributed by atoms with van der Waals surface area (Å²) in [6.07, 6.45) is 12.3. The number of nitrogens with one attached hydrogen (secondary N) is 1. The molecule has 4 heterocycles. The van der Waals surface area contributed by atoms with Crippen molar-refractivity contribution in [1.82, 2.24) is 34.7 Å². The number of fused-ring (bicyclic) bond motifs is 1. The number of H-pyrrole nitrogens is 1. The molecule has 7 rings (SSSR count). The van der Waals surface area contributed by atoms with Crippen LogP contribution < -0.4 is 5.56 Å². The molecular formula is C41H58FN7O5. The molecule has 0 radical (unpaired) electrons. The number of likely N-dealkylation sites (tertiary alicyclic amines) is 1. The number of piperazine rings is 2. The number of aromatic amines is 1. The van der Waals surface area contributed by atoms with E-state index in [9.17, 15) is 23.6 Å². The highest BCUT2D eigenvalue weighted by Crippen LogP contribution is 2.26. The summed E-state index contributed by atoms with van der Waals surface area (Å²) < 4.78 is 14.9. The van der Waals surface area contributed by atoms with Gasteiger partial charge in [0.1, 0.15) is 5.82 Å². The van der Waals surface area contributed by atoms with Crippen LogP contribution in [0, 0.1) is 17.7 Å². The number of rotatable bonds is 9. The Hall–Kier alpha value is -4.20. The molecule has 2 aromatic carbocycles. The Labute approximate surface area is 318 Å². The lowest BCUT2D eigenvalue weighted by Crippen LogP contribution is -2.53. The average molecular weight is 748 g/mol. The maximum absolute atomic E-state index is 14.9. The number of hydrogen-bond acceptors (Lipinski definition) is 7. The molecule has 13 heteroatoms. The maximum Gasteiger partial charge on any atom is 0.272 e. The number of aromatic nitrogens is 2. The van der Waals surface area contributed by atoms with Gasteiger partial charge in [0.05, 0.1) is 23.2 Å². The number of hydrogen-bond donors (Lipinski definition) is 1. The molecule has 0 spiro atoms. The van der Waals surface area contributed by atoms with Crippen molar-refractivity contribution in [3.05, 3.63) is 75.5 Å². The second kappa shape index (κ2) is 19.9. The van der Waals surface area contributed by atoms with Gasteiger partial charge >= 0.3 is 0 Å². The molecule has 4 fully saturated rings. The molecule has 294 valence electrons. The lowest BCUT2D eigenvalue weighted by Gasteiger charge is -2.39. The van der Waals surface area contributed by atoms with Gasteiger partial charge in [0, 0.05) is 70.7 Å². The first-order valence-electron chi connectivity index (χ1n) is 19.8. The van der Waals surface area contributed by atoms with Crippen LogP contribution in [-0.4, -0.2) is 137 Å². The maximum atomic E-state index is 14.9. The highest BCUT2D eigenvalue weighted by Gasteiger charge is 2.29. The first-order chi connectivity index (χ1) is 25.8. The van der Waals surface area contributed by atoms with Gasteiger partial charge in [0.2, 0.25) is 12.3 Å². The molecule has 3 aromatic rings. The van der Waals surface area contributed by atoms with Gasteiger partial charge in [0.15, 0.2) is 0 Å². The average Bonchev–Trinajstić information content (AvgIpc) is 3.21. The number of benzene rings is 2. The zero-order chi connectivity index (χ0) is 37.2. The lowest BCUT2D eigenvalue weighted by molar-refractivity contribution is -0.134. The minimum Gasteiger partial charge on any atom is -0.412 e. The Balaban J connectivity index is 0.000000554. The summed E-state index contributed by atoms with van der Waals surface area (Å²) in [4.78, 5) is 59.5. The molecule has 3 amide bonds. The summed E-state index contributed by atoms with van der Waals surface area (Å²) in [5.41, 5.74) is 1.07. The second-order valence-electron chi connectivity index (χ2n) is 15.3. The van der Waals surface area contributed by atoms with E-state index < -0.39 is 11.7 Å². The molecule has 1 saturated carbocycles. The molecule has 0 atom stereocenters. The summed E-state index contributed by atoms with van der Waals surface area (Å²) in [7, 11) is 0. The van der Waals surface area contributed by atoms with E-state index in [1.807, 2.05) is 21.9 Å². The lowest BCUT2D eigenvalue weighted by atomic mass is 9.88. The molecule has 54 heavy (non-hydrogen) atoms. The normalized spacial score (nSPS) is 19.2. The quantitative estimate of drug-likeness (QED) is 0.330. The van der Waals surface area contributed by atoms with Crippen molar-refractivity contribution < 1.29 is 24.3 Å². The predicted molar refractivity (Wildman–Crippen MR) is 208 cm³/mol. The Morgan fingerprint density at radius 2 is 1.48 bits per heavy atom. The van der Waals surface area contributed by atoms with E-state index in [2.05, 4.69) is 26.9 Å². The van der Waals surface area contributed by atoms with Crippen molar-refractivity contribution in [3.8, 4) is 0 Å². The Morgan fingerprint density at radius 3 is 2.13 bits per heavy atom. The molecule has 12 nitrogen and oxygen atoms in total. The molecule has 1 aliphatic carbocycles. The van der Waals surface area contributed by atoms with E-state index in [0.29, 0.717) is 67.1 Å². The van der Waals surface area contributed by atoms with Crippen molar-refractivity contribution in [2.24, 2.45) is 11.8 Å². The van der Waals surface area contributed by atoms with Crippen LogP contribution >= 0.6 is 0 Å². The number of carbonyl (C=O) groups excluding carboxylic acids is 3. The molecule has 3 N–H and O–H groups in total. The van der Waals surface area contributed by atoms with Gasteiger partial charge in [-0.25, -0.2) is 9.49 Å². The van der Waals surface area contributed by atoms with E-state index in [-0.39, 0.29) is 22.5 Å². The van der Waals surface area contributed by atoms with E-state index in [0.717, 1.165) is 71.0 Å². The van der Waals surface area contributed by atoms with Crippen LogP contribution in [0.3, 0.4) is 0 Å². The van der Waals surface area contributed by atoms with Gasteiger partial charge in [-0.1, -0.05) is 69.7 Å². The molecular weight excluding hydrogens is 689 g/mol. The standard InChI is InChI=1S/C33H40FN7O4.C8H16.H2O/c34-29-6-5-25(20-30-26-3-1-2-4-27(26)32(44)36-35-30)19-28(29)33(45)41-17-15-40(16-18-41)31(43)22-37-9-7-24(8-10-37)21-38-11-13-39(23-42)14-12-38;1-2-8-6-4-3-5-7-8;/h1-6,19,23-24H,7-18,20-22H2,(H,36,44);8H,2-7H2,1H3;1H2. The summed E-state index contributed by atoms with van der Waals surface area (Å²) in [5.74, 6) is 0.784.